The Morgan fingerprint density at radius 1 is 1.10 bits per heavy atom. The first-order chi connectivity index (χ1) is 9.66. The van der Waals surface area contributed by atoms with E-state index in [0.717, 1.165) is 0 Å². The Balaban J connectivity index is 1.70. The Morgan fingerprint density at radius 2 is 1.90 bits per heavy atom. The molecule has 1 aliphatic heterocycles. The average Bonchev–Trinajstić information content (AvgIpc) is 3.02. The van der Waals surface area contributed by atoms with Gasteiger partial charge < -0.3 is 5.73 Å². The zero-order valence-corrected chi connectivity index (χ0v) is 10.8. The first-order valence-electron chi connectivity index (χ1n) is 6.40. The van der Waals surface area contributed by atoms with Crippen LogP contribution in [0.3, 0.4) is 0 Å². The zero-order valence-electron chi connectivity index (χ0n) is 10.8. The molecule has 0 fully saturated rings. The van der Waals surface area contributed by atoms with Gasteiger partial charge in [0.1, 0.15) is 0 Å². The maximum atomic E-state index is 12.2. The molecule has 1 aromatic carbocycles. The summed E-state index contributed by atoms with van der Waals surface area (Å²) in [6.45, 7) is 1.05. The summed E-state index contributed by atoms with van der Waals surface area (Å²) in [7, 11) is 0. The monoisotopic (exact) mass is 270 g/mol. The predicted molar refractivity (Wildman–Crippen MR) is 73.1 cm³/mol. The standard InChI is InChI=1S/C14H14N4O2/c15-10-3-4-11-12(9-10)14(20)18(13(11)19)8-2-7-17-6-1-5-16-17/h1,3-6,9H,2,7-8,15H2. The lowest BCUT2D eigenvalue weighted by Gasteiger charge is -2.13. The third-order valence-electron chi connectivity index (χ3n) is 3.32. The number of benzene rings is 1. The van der Waals surface area contributed by atoms with Gasteiger partial charge in [0.2, 0.25) is 0 Å². The van der Waals surface area contributed by atoms with E-state index in [4.69, 9.17) is 5.73 Å². The molecule has 1 aliphatic rings. The van der Waals surface area contributed by atoms with Gasteiger partial charge in [-0.15, -0.1) is 0 Å². The number of rotatable bonds is 4. The number of carbonyl (C=O) groups excluding carboxylic acids is 2. The van der Waals surface area contributed by atoms with E-state index in [9.17, 15) is 9.59 Å². The highest BCUT2D eigenvalue weighted by Gasteiger charge is 2.34. The number of imide groups is 1. The van der Waals surface area contributed by atoms with Crippen molar-refractivity contribution in [3.8, 4) is 0 Å². The van der Waals surface area contributed by atoms with Crippen molar-refractivity contribution in [3.05, 3.63) is 47.8 Å². The van der Waals surface area contributed by atoms with E-state index < -0.39 is 0 Å². The van der Waals surface area contributed by atoms with Gasteiger partial charge in [-0.05, 0) is 30.7 Å². The molecule has 6 nitrogen and oxygen atoms in total. The Hall–Kier alpha value is -2.63. The molecule has 0 aliphatic carbocycles. The molecule has 0 saturated heterocycles. The minimum Gasteiger partial charge on any atom is -0.399 e. The Kier molecular flexibility index (Phi) is 2.98. The maximum absolute atomic E-state index is 12.2. The Labute approximate surface area is 115 Å². The van der Waals surface area contributed by atoms with Crippen LogP contribution in [0.2, 0.25) is 0 Å². The Morgan fingerprint density at radius 3 is 2.65 bits per heavy atom. The third kappa shape index (κ3) is 2.05. The van der Waals surface area contributed by atoms with Gasteiger partial charge in [-0.2, -0.15) is 5.10 Å². The molecule has 0 unspecified atom stereocenters. The second kappa shape index (κ2) is 4.80. The second-order valence-corrected chi connectivity index (χ2v) is 4.69. The fraction of sp³-hybridized carbons (Fsp3) is 0.214. The van der Waals surface area contributed by atoms with Crippen LogP contribution in [-0.4, -0.2) is 33.0 Å². The summed E-state index contributed by atoms with van der Waals surface area (Å²) in [6, 6.07) is 6.64. The first kappa shape index (κ1) is 12.4. The van der Waals surface area contributed by atoms with Crippen molar-refractivity contribution in [1.29, 1.82) is 0 Å². The van der Waals surface area contributed by atoms with Crippen LogP contribution in [0, 0.1) is 0 Å². The topological polar surface area (TPSA) is 81.2 Å². The Bertz CT molecular complexity index is 664. The lowest BCUT2D eigenvalue weighted by molar-refractivity contribution is 0.0650. The van der Waals surface area contributed by atoms with Crippen LogP contribution < -0.4 is 5.73 Å². The van der Waals surface area contributed by atoms with Gasteiger partial charge in [-0.25, -0.2) is 0 Å². The van der Waals surface area contributed by atoms with Crippen LogP contribution in [0.15, 0.2) is 36.7 Å². The van der Waals surface area contributed by atoms with Gasteiger partial charge in [0, 0.05) is 31.2 Å². The van der Waals surface area contributed by atoms with Crippen molar-refractivity contribution in [2.45, 2.75) is 13.0 Å². The second-order valence-electron chi connectivity index (χ2n) is 4.69. The summed E-state index contributed by atoms with van der Waals surface area (Å²) in [5.74, 6) is -0.511. The molecule has 2 N–H and O–H groups in total. The summed E-state index contributed by atoms with van der Waals surface area (Å²) in [5.41, 5.74) is 6.97. The maximum Gasteiger partial charge on any atom is 0.261 e. The van der Waals surface area contributed by atoms with Gasteiger partial charge in [0.05, 0.1) is 11.1 Å². The van der Waals surface area contributed by atoms with E-state index >= 15 is 0 Å². The van der Waals surface area contributed by atoms with Gasteiger partial charge in [0.25, 0.3) is 11.8 Å². The molecule has 1 aromatic heterocycles. The van der Waals surface area contributed by atoms with Gasteiger partial charge in [-0.1, -0.05) is 0 Å². The summed E-state index contributed by atoms with van der Waals surface area (Å²) >= 11 is 0. The fourth-order valence-electron chi connectivity index (χ4n) is 2.33. The van der Waals surface area contributed by atoms with Crippen molar-refractivity contribution in [3.63, 3.8) is 0 Å². The van der Waals surface area contributed by atoms with Gasteiger partial charge >= 0.3 is 0 Å². The van der Waals surface area contributed by atoms with E-state index in [2.05, 4.69) is 5.10 Å². The number of nitrogens with zero attached hydrogens (tertiary/aromatic N) is 3. The molecular weight excluding hydrogens is 256 g/mol. The molecular formula is C14H14N4O2. The van der Waals surface area contributed by atoms with Gasteiger partial charge in [-0.3, -0.25) is 19.2 Å². The van der Waals surface area contributed by atoms with E-state index in [-0.39, 0.29) is 11.8 Å². The zero-order chi connectivity index (χ0) is 14.1. The molecule has 102 valence electrons. The summed E-state index contributed by atoms with van der Waals surface area (Å²) < 4.78 is 1.77. The van der Waals surface area contributed by atoms with Crippen LogP contribution >= 0.6 is 0 Å². The number of amides is 2. The van der Waals surface area contributed by atoms with Crippen molar-refractivity contribution in [2.24, 2.45) is 0 Å². The van der Waals surface area contributed by atoms with Crippen LogP contribution in [0.5, 0.6) is 0 Å². The smallest absolute Gasteiger partial charge is 0.261 e. The molecule has 0 spiro atoms. The van der Waals surface area contributed by atoms with Crippen LogP contribution in [0.1, 0.15) is 27.1 Å². The van der Waals surface area contributed by atoms with Crippen molar-refractivity contribution in [1.82, 2.24) is 14.7 Å². The van der Waals surface area contributed by atoms with Crippen molar-refractivity contribution >= 4 is 17.5 Å². The number of nitrogen functional groups attached to an aromatic ring is 1. The molecule has 0 bridgehead atoms. The number of nitrogens with two attached hydrogens (primary N) is 1. The number of anilines is 1. The number of hydrogen-bond acceptors (Lipinski definition) is 4. The minimum absolute atomic E-state index is 0.245. The average molecular weight is 270 g/mol. The number of carbonyl (C=O) groups is 2. The molecule has 0 radical (unpaired) electrons. The van der Waals surface area contributed by atoms with Crippen LogP contribution in [0.4, 0.5) is 5.69 Å². The lowest BCUT2D eigenvalue weighted by Crippen LogP contribution is -2.31. The number of fused-ring (bicyclic) bond motifs is 1. The summed E-state index contributed by atoms with van der Waals surface area (Å²) in [5, 5.41) is 4.08. The highest BCUT2D eigenvalue weighted by molar-refractivity contribution is 6.21. The van der Waals surface area contributed by atoms with E-state index in [0.29, 0.717) is 36.3 Å². The predicted octanol–water partition coefficient (Wildman–Crippen LogP) is 1.15. The van der Waals surface area contributed by atoms with E-state index in [1.807, 2.05) is 12.3 Å². The highest BCUT2D eigenvalue weighted by Crippen LogP contribution is 2.24. The molecule has 6 heteroatoms. The fourth-order valence-corrected chi connectivity index (χ4v) is 2.33. The number of aryl methyl sites for hydroxylation is 1. The molecule has 0 saturated carbocycles. The number of aromatic nitrogens is 2. The molecule has 3 rings (SSSR count). The minimum atomic E-state index is -0.266. The highest BCUT2D eigenvalue weighted by atomic mass is 16.2. The SMILES string of the molecule is Nc1ccc2c(c1)C(=O)N(CCCn1cccn1)C2=O. The summed E-state index contributed by atoms with van der Waals surface area (Å²) in [4.78, 5) is 25.6. The molecule has 2 amide bonds. The van der Waals surface area contributed by atoms with E-state index in [1.54, 1.807) is 29.1 Å². The normalized spacial score (nSPS) is 13.9. The number of hydrogen-bond donors (Lipinski definition) is 1. The van der Waals surface area contributed by atoms with Crippen molar-refractivity contribution < 1.29 is 9.59 Å². The molecule has 0 atom stereocenters. The first-order valence-corrected chi connectivity index (χ1v) is 6.40. The molecule has 2 aromatic rings. The van der Waals surface area contributed by atoms with Crippen LogP contribution in [-0.2, 0) is 6.54 Å². The van der Waals surface area contributed by atoms with Crippen molar-refractivity contribution in [2.75, 3.05) is 12.3 Å². The molecule has 2 heterocycles. The van der Waals surface area contributed by atoms with E-state index in [1.165, 1.54) is 4.90 Å². The summed E-state index contributed by atoms with van der Waals surface area (Å²) in [6.07, 6.45) is 4.22. The largest absolute Gasteiger partial charge is 0.399 e. The lowest BCUT2D eigenvalue weighted by atomic mass is 10.1. The van der Waals surface area contributed by atoms with Crippen LogP contribution in [0.25, 0.3) is 0 Å². The third-order valence-corrected chi connectivity index (χ3v) is 3.32. The van der Waals surface area contributed by atoms with Gasteiger partial charge in [0.15, 0.2) is 0 Å². The quantitative estimate of drug-likeness (QED) is 0.667. The molecule has 20 heavy (non-hydrogen) atoms.